The lowest BCUT2D eigenvalue weighted by molar-refractivity contribution is -0.146. The SMILES string of the molecule is COC(=O)[C@@H](Cc1ccc(OC)c(Cl)c1)NC(=O)[C@@H]1CCCO1. The lowest BCUT2D eigenvalue weighted by atomic mass is 10.1. The molecule has 0 aromatic heterocycles. The zero-order chi connectivity index (χ0) is 16.8. The van der Waals surface area contributed by atoms with Crippen LogP contribution in [-0.4, -0.2) is 44.8 Å². The van der Waals surface area contributed by atoms with Gasteiger partial charge in [0, 0.05) is 13.0 Å². The smallest absolute Gasteiger partial charge is 0.328 e. The number of nitrogens with one attached hydrogen (secondary N) is 1. The molecule has 0 bridgehead atoms. The van der Waals surface area contributed by atoms with Crippen molar-refractivity contribution in [3.63, 3.8) is 0 Å². The molecule has 1 heterocycles. The second-order valence-corrected chi connectivity index (χ2v) is 5.67. The minimum Gasteiger partial charge on any atom is -0.495 e. The van der Waals surface area contributed by atoms with Gasteiger partial charge in [0.2, 0.25) is 5.91 Å². The minimum atomic E-state index is -0.791. The van der Waals surface area contributed by atoms with E-state index < -0.39 is 18.1 Å². The molecule has 1 aliphatic rings. The van der Waals surface area contributed by atoms with Gasteiger partial charge in [-0.25, -0.2) is 4.79 Å². The Morgan fingerprint density at radius 2 is 2.22 bits per heavy atom. The van der Waals surface area contributed by atoms with Gasteiger partial charge in [0.05, 0.1) is 19.2 Å². The summed E-state index contributed by atoms with van der Waals surface area (Å²) >= 11 is 6.09. The van der Waals surface area contributed by atoms with Gasteiger partial charge in [-0.3, -0.25) is 4.79 Å². The molecule has 2 rings (SSSR count). The van der Waals surface area contributed by atoms with Crippen LogP contribution in [0.5, 0.6) is 5.75 Å². The summed E-state index contributed by atoms with van der Waals surface area (Å²) in [4.78, 5) is 24.1. The van der Waals surface area contributed by atoms with Crippen LogP contribution in [0.2, 0.25) is 5.02 Å². The largest absolute Gasteiger partial charge is 0.495 e. The van der Waals surface area contributed by atoms with Crippen molar-refractivity contribution in [1.29, 1.82) is 0 Å². The molecule has 0 unspecified atom stereocenters. The second kappa shape index (κ2) is 8.17. The summed E-state index contributed by atoms with van der Waals surface area (Å²) in [6.07, 6.45) is 1.28. The Bertz CT molecular complexity index is 572. The van der Waals surface area contributed by atoms with Crippen molar-refractivity contribution in [3.8, 4) is 5.75 Å². The summed E-state index contributed by atoms with van der Waals surface area (Å²) in [6.45, 7) is 0.565. The van der Waals surface area contributed by atoms with E-state index >= 15 is 0 Å². The minimum absolute atomic E-state index is 0.273. The molecule has 0 radical (unpaired) electrons. The number of carbonyl (C=O) groups excluding carboxylic acids is 2. The Morgan fingerprint density at radius 3 is 2.78 bits per heavy atom. The van der Waals surface area contributed by atoms with Gasteiger partial charge in [-0.2, -0.15) is 0 Å². The summed E-state index contributed by atoms with van der Waals surface area (Å²) in [7, 11) is 2.81. The molecule has 2 atom stereocenters. The highest BCUT2D eigenvalue weighted by molar-refractivity contribution is 6.32. The predicted molar refractivity (Wildman–Crippen MR) is 84.6 cm³/mol. The summed E-state index contributed by atoms with van der Waals surface area (Å²) in [5.74, 6) is -0.255. The molecule has 1 aromatic carbocycles. The second-order valence-electron chi connectivity index (χ2n) is 5.26. The fourth-order valence-corrected chi connectivity index (χ4v) is 2.74. The molecule has 0 aliphatic carbocycles. The van der Waals surface area contributed by atoms with Crippen LogP contribution in [0, 0.1) is 0 Å². The molecule has 6 nitrogen and oxygen atoms in total. The zero-order valence-corrected chi connectivity index (χ0v) is 13.9. The first-order valence-corrected chi connectivity index (χ1v) is 7.75. The van der Waals surface area contributed by atoms with Gasteiger partial charge in [-0.05, 0) is 30.5 Å². The van der Waals surface area contributed by atoms with E-state index in [1.54, 1.807) is 18.2 Å². The number of hydrogen-bond acceptors (Lipinski definition) is 5. The van der Waals surface area contributed by atoms with E-state index in [4.69, 9.17) is 25.8 Å². The predicted octanol–water partition coefficient (Wildman–Crippen LogP) is 1.73. The molecule has 0 spiro atoms. The van der Waals surface area contributed by atoms with E-state index in [0.717, 1.165) is 12.0 Å². The van der Waals surface area contributed by atoms with E-state index in [1.165, 1.54) is 14.2 Å². The maximum atomic E-state index is 12.1. The molecule has 1 N–H and O–H groups in total. The summed E-state index contributed by atoms with van der Waals surface area (Å²) in [5, 5.41) is 3.14. The number of rotatable bonds is 6. The average molecular weight is 342 g/mol. The number of ether oxygens (including phenoxy) is 3. The van der Waals surface area contributed by atoms with Crippen molar-refractivity contribution >= 4 is 23.5 Å². The van der Waals surface area contributed by atoms with Crippen molar-refractivity contribution in [1.82, 2.24) is 5.32 Å². The maximum absolute atomic E-state index is 12.1. The van der Waals surface area contributed by atoms with Crippen molar-refractivity contribution in [2.24, 2.45) is 0 Å². The third-order valence-corrected chi connectivity index (χ3v) is 3.98. The van der Waals surface area contributed by atoms with E-state index in [2.05, 4.69) is 5.32 Å². The molecule has 1 aliphatic heterocycles. The lowest BCUT2D eigenvalue weighted by Gasteiger charge is -2.19. The highest BCUT2D eigenvalue weighted by Crippen LogP contribution is 2.25. The van der Waals surface area contributed by atoms with Crippen molar-refractivity contribution < 1.29 is 23.8 Å². The Kier molecular flexibility index (Phi) is 6.24. The maximum Gasteiger partial charge on any atom is 0.328 e. The van der Waals surface area contributed by atoms with Gasteiger partial charge in [0.25, 0.3) is 0 Å². The van der Waals surface area contributed by atoms with Gasteiger partial charge in [-0.15, -0.1) is 0 Å². The van der Waals surface area contributed by atoms with Crippen LogP contribution < -0.4 is 10.1 Å². The van der Waals surface area contributed by atoms with E-state index in [0.29, 0.717) is 23.8 Å². The number of carbonyl (C=O) groups is 2. The fourth-order valence-electron chi connectivity index (χ4n) is 2.46. The fraction of sp³-hybridized carbons (Fsp3) is 0.500. The standard InChI is InChI=1S/C16H20ClNO5/c1-21-13-6-5-10(8-11(13)17)9-12(16(20)22-2)18-15(19)14-4-3-7-23-14/h5-6,8,12,14H,3-4,7,9H2,1-2H3,(H,18,19)/t12-,14+/m1/s1. The van der Waals surface area contributed by atoms with Crippen molar-refractivity contribution in [3.05, 3.63) is 28.8 Å². The number of hydrogen-bond donors (Lipinski definition) is 1. The number of benzene rings is 1. The van der Waals surface area contributed by atoms with Crippen LogP contribution in [-0.2, 0) is 25.5 Å². The molecule has 1 aromatic rings. The number of esters is 1. The summed E-state index contributed by atoms with van der Waals surface area (Å²) < 4.78 is 15.2. The van der Waals surface area contributed by atoms with Gasteiger partial charge in [-0.1, -0.05) is 17.7 Å². The van der Waals surface area contributed by atoms with Crippen molar-refractivity contribution in [2.45, 2.75) is 31.4 Å². The molecule has 1 amide bonds. The van der Waals surface area contributed by atoms with Crippen LogP contribution in [0.4, 0.5) is 0 Å². The Labute approximate surface area is 140 Å². The van der Waals surface area contributed by atoms with E-state index in [-0.39, 0.29) is 12.3 Å². The normalized spacial score (nSPS) is 18.3. The van der Waals surface area contributed by atoms with Gasteiger partial charge >= 0.3 is 5.97 Å². The summed E-state index contributed by atoms with van der Waals surface area (Å²) in [6, 6.07) is 4.42. The van der Waals surface area contributed by atoms with Crippen molar-refractivity contribution in [2.75, 3.05) is 20.8 Å². The Hall–Kier alpha value is -1.79. The molecule has 7 heteroatoms. The molecule has 0 saturated carbocycles. The van der Waals surface area contributed by atoms with Gasteiger partial charge < -0.3 is 19.5 Å². The first kappa shape index (κ1) is 17.6. The molecular weight excluding hydrogens is 322 g/mol. The molecule has 23 heavy (non-hydrogen) atoms. The topological polar surface area (TPSA) is 73.9 Å². The number of methoxy groups -OCH3 is 2. The molecule has 1 fully saturated rings. The highest BCUT2D eigenvalue weighted by Gasteiger charge is 2.29. The van der Waals surface area contributed by atoms with Gasteiger partial charge in [0.1, 0.15) is 17.9 Å². The van der Waals surface area contributed by atoms with Crippen LogP contribution in [0.15, 0.2) is 18.2 Å². The van der Waals surface area contributed by atoms with Crippen LogP contribution in [0.3, 0.4) is 0 Å². The first-order chi connectivity index (χ1) is 11.0. The quantitative estimate of drug-likeness (QED) is 0.798. The number of halogens is 1. The zero-order valence-electron chi connectivity index (χ0n) is 13.1. The van der Waals surface area contributed by atoms with Crippen LogP contribution in [0.1, 0.15) is 18.4 Å². The van der Waals surface area contributed by atoms with Gasteiger partial charge in [0.15, 0.2) is 0 Å². The summed E-state index contributed by atoms with van der Waals surface area (Å²) in [5.41, 5.74) is 0.791. The third-order valence-electron chi connectivity index (χ3n) is 3.68. The Balaban J connectivity index is 2.07. The third kappa shape index (κ3) is 4.59. The molecule has 1 saturated heterocycles. The van der Waals surface area contributed by atoms with Crippen LogP contribution >= 0.6 is 11.6 Å². The monoisotopic (exact) mass is 341 g/mol. The van der Waals surface area contributed by atoms with E-state index in [9.17, 15) is 9.59 Å². The van der Waals surface area contributed by atoms with E-state index in [1.807, 2.05) is 0 Å². The molecule has 126 valence electrons. The highest BCUT2D eigenvalue weighted by atomic mass is 35.5. The number of amides is 1. The Morgan fingerprint density at radius 1 is 1.43 bits per heavy atom. The lowest BCUT2D eigenvalue weighted by Crippen LogP contribution is -2.47. The first-order valence-electron chi connectivity index (χ1n) is 7.37. The molecular formula is C16H20ClNO5. The average Bonchev–Trinajstić information content (AvgIpc) is 3.08. The van der Waals surface area contributed by atoms with Crippen LogP contribution in [0.25, 0.3) is 0 Å².